The Bertz CT molecular complexity index is 590. The summed E-state index contributed by atoms with van der Waals surface area (Å²) in [7, 11) is 0. The van der Waals surface area contributed by atoms with Gasteiger partial charge in [-0.15, -0.1) is 0 Å². The van der Waals surface area contributed by atoms with E-state index in [9.17, 15) is 4.79 Å². The van der Waals surface area contributed by atoms with Crippen LogP contribution in [0, 0.1) is 5.41 Å². The molecule has 1 aromatic carbocycles. The molecule has 2 nitrogen and oxygen atoms in total. The highest BCUT2D eigenvalue weighted by Gasteiger charge is 2.53. The van der Waals surface area contributed by atoms with E-state index in [4.69, 9.17) is 0 Å². The van der Waals surface area contributed by atoms with E-state index >= 15 is 0 Å². The van der Waals surface area contributed by atoms with E-state index in [1.807, 2.05) is 0 Å². The van der Waals surface area contributed by atoms with Crippen LogP contribution in [0.15, 0.2) is 24.3 Å². The third-order valence-corrected chi connectivity index (χ3v) is 5.33. The van der Waals surface area contributed by atoms with E-state index in [-0.39, 0.29) is 17.0 Å². The predicted octanol–water partition coefficient (Wildman–Crippen LogP) is 4.18. The summed E-state index contributed by atoms with van der Waals surface area (Å²) in [4.78, 5) is 15.5. The Morgan fingerprint density at radius 3 is 2.32 bits per heavy atom. The van der Waals surface area contributed by atoms with Crippen molar-refractivity contribution in [2.75, 3.05) is 0 Å². The van der Waals surface area contributed by atoms with Crippen molar-refractivity contribution in [3.8, 4) is 0 Å². The van der Waals surface area contributed by atoms with Crippen LogP contribution in [-0.4, -0.2) is 28.3 Å². The van der Waals surface area contributed by atoms with Crippen molar-refractivity contribution in [3.05, 3.63) is 35.4 Å². The summed E-state index contributed by atoms with van der Waals surface area (Å²) in [5.41, 5.74) is 2.71. The SMILES string of the molecule is CC(C)(C)C(=O)C1CC2c3ccccc3CC2N1C(C)(C)C. The summed E-state index contributed by atoms with van der Waals surface area (Å²) < 4.78 is 0. The smallest absolute Gasteiger partial charge is 0.155 e. The average Bonchev–Trinajstić information content (AvgIpc) is 2.90. The molecule has 0 spiro atoms. The van der Waals surface area contributed by atoms with E-state index in [0.29, 0.717) is 17.7 Å². The minimum absolute atomic E-state index is 0.0209. The summed E-state index contributed by atoms with van der Waals surface area (Å²) >= 11 is 0. The van der Waals surface area contributed by atoms with Crippen molar-refractivity contribution in [1.82, 2.24) is 4.90 Å². The lowest BCUT2D eigenvalue weighted by Gasteiger charge is -2.42. The van der Waals surface area contributed by atoms with E-state index in [0.717, 1.165) is 12.8 Å². The number of rotatable bonds is 1. The van der Waals surface area contributed by atoms with E-state index in [1.54, 1.807) is 0 Å². The van der Waals surface area contributed by atoms with Gasteiger partial charge in [0.25, 0.3) is 0 Å². The third kappa shape index (κ3) is 2.42. The van der Waals surface area contributed by atoms with Crippen LogP contribution in [0.5, 0.6) is 0 Å². The second-order valence-electron chi connectivity index (χ2n) is 9.02. The summed E-state index contributed by atoms with van der Waals surface area (Å²) in [6.07, 6.45) is 2.07. The van der Waals surface area contributed by atoms with Gasteiger partial charge in [-0.2, -0.15) is 0 Å². The molecule has 1 aliphatic heterocycles. The van der Waals surface area contributed by atoms with Crippen molar-refractivity contribution in [3.63, 3.8) is 0 Å². The van der Waals surface area contributed by atoms with E-state index < -0.39 is 0 Å². The van der Waals surface area contributed by atoms with Crippen molar-refractivity contribution in [2.24, 2.45) is 5.41 Å². The third-order valence-electron chi connectivity index (χ3n) is 5.33. The molecule has 0 amide bonds. The average molecular weight is 299 g/mol. The van der Waals surface area contributed by atoms with Crippen molar-refractivity contribution >= 4 is 5.78 Å². The number of likely N-dealkylation sites (tertiary alicyclic amines) is 1. The lowest BCUT2D eigenvalue weighted by molar-refractivity contribution is -0.133. The quantitative estimate of drug-likeness (QED) is 0.775. The predicted molar refractivity (Wildman–Crippen MR) is 91.1 cm³/mol. The number of benzene rings is 1. The Morgan fingerprint density at radius 1 is 1.09 bits per heavy atom. The molecule has 3 rings (SSSR count). The molecule has 3 atom stereocenters. The van der Waals surface area contributed by atoms with Gasteiger partial charge in [-0.1, -0.05) is 45.0 Å². The molecular weight excluding hydrogens is 270 g/mol. The molecule has 0 saturated carbocycles. The molecule has 2 aliphatic rings. The fourth-order valence-corrected chi connectivity index (χ4v) is 4.52. The van der Waals surface area contributed by atoms with Crippen LogP contribution in [0.25, 0.3) is 0 Å². The molecule has 3 unspecified atom stereocenters. The number of Topliss-reactive ketones (excluding diaryl/α,β-unsaturated/α-hetero) is 1. The van der Waals surface area contributed by atoms with Crippen LogP contribution in [0.1, 0.15) is 65.0 Å². The van der Waals surface area contributed by atoms with Gasteiger partial charge in [0.15, 0.2) is 5.78 Å². The lowest BCUT2D eigenvalue weighted by atomic mass is 9.83. The maximum atomic E-state index is 13.0. The number of fused-ring (bicyclic) bond motifs is 3. The standard InChI is InChI=1S/C20H29NO/c1-19(2,3)18(22)17-12-15-14-10-8-7-9-13(14)11-16(15)21(17)20(4,5)6/h7-10,15-17H,11-12H2,1-6H3. The summed E-state index contributed by atoms with van der Waals surface area (Å²) in [5, 5.41) is 0. The molecule has 1 aromatic rings. The molecule has 1 aliphatic carbocycles. The number of hydrogen-bond donors (Lipinski definition) is 0. The Balaban J connectivity index is 2.00. The number of nitrogens with zero attached hydrogens (tertiary/aromatic N) is 1. The van der Waals surface area contributed by atoms with Crippen molar-refractivity contribution in [1.29, 1.82) is 0 Å². The van der Waals surface area contributed by atoms with Gasteiger partial charge in [0.1, 0.15) is 0 Å². The molecule has 0 bridgehead atoms. The van der Waals surface area contributed by atoms with Gasteiger partial charge < -0.3 is 0 Å². The molecule has 1 saturated heterocycles. The maximum absolute atomic E-state index is 13.0. The van der Waals surface area contributed by atoms with Gasteiger partial charge >= 0.3 is 0 Å². The summed E-state index contributed by atoms with van der Waals surface area (Å²) in [6, 6.07) is 9.35. The Hall–Kier alpha value is -1.15. The van der Waals surface area contributed by atoms with Crippen molar-refractivity contribution < 1.29 is 4.79 Å². The Kier molecular flexibility index (Phi) is 3.52. The molecule has 1 heterocycles. The van der Waals surface area contributed by atoms with Gasteiger partial charge in [-0.05, 0) is 44.7 Å². The fraction of sp³-hybridized carbons (Fsp3) is 0.650. The second-order valence-corrected chi connectivity index (χ2v) is 9.02. The molecule has 0 radical (unpaired) electrons. The minimum atomic E-state index is -0.272. The first-order valence-corrected chi connectivity index (χ1v) is 8.51. The van der Waals surface area contributed by atoms with Crippen LogP contribution >= 0.6 is 0 Å². The van der Waals surface area contributed by atoms with Crippen LogP contribution in [-0.2, 0) is 11.2 Å². The topological polar surface area (TPSA) is 20.3 Å². The van der Waals surface area contributed by atoms with Gasteiger partial charge in [0.05, 0.1) is 6.04 Å². The zero-order valence-corrected chi connectivity index (χ0v) is 14.8. The fourth-order valence-electron chi connectivity index (χ4n) is 4.52. The highest BCUT2D eigenvalue weighted by atomic mass is 16.1. The molecule has 0 N–H and O–H groups in total. The second kappa shape index (κ2) is 4.92. The largest absolute Gasteiger partial charge is 0.297 e. The highest BCUT2D eigenvalue weighted by molar-refractivity contribution is 5.89. The highest BCUT2D eigenvalue weighted by Crippen LogP contribution is 2.49. The molecular formula is C20H29NO. The number of carbonyl (C=O) groups excluding carboxylic acids is 1. The van der Waals surface area contributed by atoms with Gasteiger partial charge in [0, 0.05) is 22.9 Å². The van der Waals surface area contributed by atoms with Crippen LogP contribution in [0.4, 0.5) is 0 Å². The first-order valence-electron chi connectivity index (χ1n) is 8.51. The van der Waals surface area contributed by atoms with E-state index in [2.05, 4.69) is 70.7 Å². The van der Waals surface area contributed by atoms with Crippen LogP contribution in [0.2, 0.25) is 0 Å². The number of carbonyl (C=O) groups is 1. The summed E-state index contributed by atoms with van der Waals surface area (Å²) in [5.74, 6) is 0.918. The Morgan fingerprint density at radius 2 is 1.73 bits per heavy atom. The lowest BCUT2D eigenvalue weighted by Crippen LogP contribution is -2.54. The Labute approximate surface area is 134 Å². The normalized spacial score (nSPS) is 28.5. The molecule has 22 heavy (non-hydrogen) atoms. The number of hydrogen-bond acceptors (Lipinski definition) is 2. The molecule has 0 aromatic heterocycles. The van der Waals surface area contributed by atoms with Gasteiger partial charge in [-0.3, -0.25) is 9.69 Å². The van der Waals surface area contributed by atoms with Gasteiger partial charge in [-0.25, -0.2) is 0 Å². The molecule has 2 heteroatoms. The van der Waals surface area contributed by atoms with Crippen molar-refractivity contribution in [2.45, 2.75) is 77.9 Å². The van der Waals surface area contributed by atoms with E-state index in [1.165, 1.54) is 11.1 Å². The van der Waals surface area contributed by atoms with Gasteiger partial charge in [0.2, 0.25) is 0 Å². The number of ketones is 1. The first kappa shape index (κ1) is 15.7. The first-order chi connectivity index (χ1) is 10.1. The monoisotopic (exact) mass is 299 g/mol. The summed E-state index contributed by atoms with van der Waals surface area (Å²) in [6.45, 7) is 12.9. The minimum Gasteiger partial charge on any atom is -0.297 e. The zero-order valence-electron chi connectivity index (χ0n) is 14.8. The zero-order chi connectivity index (χ0) is 16.3. The molecule has 1 fully saturated rings. The maximum Gasteiger partial charge on any atom is 0.155 e. The van der Waals surface area contributed by atoms with Crippen LogP contribution < -0.4 is 0 Å². The molecule has 120 valence electrons. The van der Waals surface area contributed by atoms with Crippen LogP contribution in [0.3, 0.4) is 0 Å².